The molecule has 1 aliphatic rings. The molecule has 3 heterocycles. The molecule has 1 amide bonds. The molecule has 0 aliphatic carbocycles. The minimum absolute atomic E-state index is 0.210. The van der Waals surface area contributed by atoms with Crippen molar-refractivity contribution in [2.24, 2.45) is 0 Å². The number of nitrogens with zero attached hydrogens (tertiary/aromatic N) is 3. The van der Waals surface area contributed by atoms with Gasteiger partial charge < -0.3 is 23.7 Å². The average molecular weight is 361 g/mol. The zero-order valence-electron chi connectivity index (χ0n) is 15.8. The van der Waals surface area contributed by atoms with Crippen LogP contribution < -0.4 is 4.74 Å². The summed E-state index contributed by atoms with van der Waals surface area (Å²) in [5, 5.41) is 1.11. The molecule has 0 N–H and O–H groups in total. The molecular weight excluding hydrogens is 334 g/mol. The second kappa shape index (κ2) is 8.51. The van der Waals surface area contributed by atoms with Crippen LogP contribution in [0.5, 0.6) is 5.88 Å². The number of methoxy groups -OCH3 is 1. The molecule has 0 spiro atoms. The maximum Gasteiger partial charge on any atom is 0.238 e. The van der Waals surface area contributed by atoms with Gasteiger partial charge in [-0.15, -0.1) is 0 Å². The summed E-state index contributed by atoms with van der Waals surface area (Å²) in [6, 6.07) is 2.00. The van der Waals surface area contributed by atoms with Crippen molar-refractivity contribution in [2.75, 3.05) is 40.0 Å². The summed E-state index contributed by atoms with van der Waals surface area (Å²) < 4.78 is 18.8. The number of fused-ring (bicyclic) bond motifs is 1. The van der Waals surface area contributed by atoms with E-state index in [-0.39, 0.29) is 5.91 Å². The molecule has 2 aromatic rings. The van der Waals surface area contributed by atoms with Crippen LogP contribution in [0.25, 0.3) is 10.9 Å². The third-order valence-corrected chi connectivity index (χ3v) is 4.94. The third-order valence-electron chi connectivity index (χ3n) is 4.94. The fourth-order valence-corrected chi connectivity index (χ4v) is 3.32. The number of carbonyl (C=O) groups is 1. The Morgan fingerprint density at radius 1 is 1.23 bits per heavy atom. The van der Waals surface area contributed by atoms with E-state index in [1.54, 1.807) is 13.3 Å². The molecule has 0 radical (unpaired) electrons. The minimum Gasteiger partial charge on any atom is -0.474 e. The second-order valence-corrected chi connectivity index (χ2v) is 6.51. The van der Waals surface area contributed by atoms with Crippen molar-refractivity contribution in [3.63, 3.8) is 0 Å². The third kappa shape index (κ3) is 3.83. The summed E-state index contributed by atoms with van der Waals surface area (Å²) in [4.78, 5) is 18.0. The molecule has 0 bridgehead atoms. The van der Waals surface area contributed by atoms with Crippen LogP contribution in [0.1, 0.15) is 24.1 Å². The Kier molecular flexibility index (Phi) is 6.11. The van der Waals surface area contributed by atoms with Crippen LogP contribution in [-0.2, 0) is 21.0 Å². The van der Waals surface area contributed by atoms with Gasteiger partial charge in [0.1, 0.15) is 18.9 Å². The van der Waals surface area contributed by atoms with Gasteiger partial charge in [-0.3, -0.25) is 4.79 Å². The summed E-state index contributed by atoms with van der Waals surface area (Å²) in [7, 11) is 1.66. The molecule has 0 atom stereocenters. The highest BCUT2D eigenvalue weighted by Gasteiger charge is 2.20. The lowest BCUT2D eigenvalue weighted by Gasteiger charge is -2.16. The SMILES string of the molecule is COCCOCn1c(C)c(C)c2ccnc(OCCN3CCCC3=O)c21. The fourth-order valence-electron chi connectivity index (χ4n) is 3.32. The molecule has 1 saturated heterocycles. The summed E-state index contributed by atoms with van der Waals surface area (Å²) in [5.74, 6) is 0.794. The van der Waals surface area contributed by atoms with E-state index in [9.17, 15) is 4.79 Å². The van der Waals surface area contributed by atoms with E-state index in [2.05, 4.69) is 23.4 Å². The molecule has 7 nitrogen and oxygen atoms in total. The maximum absolute atomic E-state index is 11.7. The normalized spacial score (nSPS) is 14.6. The summed E-state index contributed by atoms with van der Waals surface area (Å²) in [5.41, 5.74) is 3.26. The molecule has 0 saturated carbocycles. The summed E-state index contributed by atoms with van der Waals surface area (Å²) in [6.07, 6.45) is 3.35. The number of rotatable bonds is 9. The molecule has 3 rings (SSSR count). The van der Waals surface area contributed by atoms with E-state index in [1.165, 1.54) is 5.56 Å². The van der Waals surface area contributed by atoms with Crippen molar-refractivity contribution in [1.82, 2.24) is 14.5 Å². The number of amides is 1. The fraction of sp³-hybridized carbons (Fsp3) is 0.579. The number of hydrogen-bond donors (Lipinski definition) is 0. The van der Waals surface area contributed by atoms with Crippen LogP contribution in [-0.4, -0.2) is 60.4 Å². The second-order valence-electron chi connectivity index (χ2n) is 6.51. The van der Waals surface area contributed by atoms with Gasteiger partial charge in [-0.1, -0.05) is 0 Å². The Morgan fingerprint density at radius 2 is 2.08 bits per heavy atom. The summed E-state index contributed by atoms with van der Waals surface area (Å²) >= 11 is 0. The van der Waals surface area contributed by atoms with Crippen molar-refractivity contribution in [1.29, 1.82) is 0 Å². The van der Waals surface area contributed by atoms with E-state index in [0.717, 1.165) is 29.6 Å². The first kappa shape index (κ1) is 18.7. The molecular formula is C19H27N3O4. The van der Waals surface area contributed by atoms with Crippen molar-refractivity contribution >= 4 is 16.8 Å². The number of ether oxygens (including phenoxy) is 3. The molecule has 26 heavy (non-hydrogen) atoms. The summed E-state index contributed by atoms with van der Waals surface area (Å²) in [6.45, 7) is 7.53. The molecule has 2 aromatic heterocycles. The molecule has 0 aromatic carbocycles. The first-order valence-electron chi connectivity index (χ1n) is 9.05. The monoisotopic (exact) mass is 361 g/mol. The number of carbonyl (C=O) groups excluding carboxylic acids is 1. The van der Waals surface area contributed by atoms with Crippen LogP contribution in [0.3, 0.4) is 0 Å². The number of aryl methyl sites for hydroxylation is 1. The van der Waals surface area contributed by atoms with Gasteiger partial charge in [0.05, 0.1) is 19.8 Å². The van der Waals surface area contributed by atoms with Crippen molar-refractivity contribution in [3.8, 4) is 5.88 Å². The van der Waals surface area contributed by atoms with Crippen molar-refractivity contribution < 1.29 is 19.0 Å². The van der Waals surface area contributed by atoms with Gasteiger partial charge in [0.15, 0.2) is 0 Å². The Labute approximate surface area is 153 Å². The molecule has 142 valence electrons. The van der Waals surface area contributed by atoms with E-state index in [1.807, 2.05) is 11.0 Å². The Hall–Kier alpha value is -2.12. The highest BCUT2D eigenvalue weighted by molar-refractivity contribution is 5.88. The lowest BCUT2D eigenvalue weighted by Crippen LogP contribution is -2.29. The van der Waals surface area contributed by atoms with Gasteiger partial charge >= 0.3 is 0 Å². The average Bonchev–Trinajstić information content (AvgIpc) is 3.15. The topological polar surface area (TPSA) is 65.8 Å². The maximum atomic E-state index is 11.7. The van der Waals surface area contributed by atoms with Crippen LogP contribution in [0.15, 0.2) is 12.3 Å². The van der Waals surface area contributed by atoms with Crippen molar-refractivity contribution in [3.05, 3.63) is 23.5 Å². The Morgan fingerprint density at radius 3 is 2.81 bits per heavy atom. The highest BCUT2D eigenvalue weighted by atomic mass is 16.5. The van der Waals surface area contributed by atoms with Gasteiger partial charge in [-0.25, -0.2) is 4.98 Å². The minimum atomic E-state index is 0.210. The van der Waals surface area contributed by atoms with E-state index < -0.39 is 0 Å². The first-order chi connectivity index (χ1) is 12.6. The first-order valence-corrected chi connectivity index (χ1v) is 9.05. The quantitative estimate of drug-likeness (QED) is 0.641. The lowest BCUT2D eigenvalue weighted by molar-refractivity contribution is -0.128. The Bertz CT molecular complexity index is 772. The van der Waals surface area contributed by atoms with E-state index in [4.69, 9.17) is 14.2 Å². The molecule has 7 heteroatoms. The number of hydrogen-bond acceptors (Lipinski definition) is 5. The van der Waals surface area contributed by atoms with Gasteiger partial charge in [0, 0.05) is 37.4 Å². The van der Waals surface area contributed by atoms with Crippen molar-refractivity contribution in [2.45, 2.75) is 33.4 Å². The van der Waals surface area contributed by atoms with Crippen LogP contribution >= 0.6 is 0 Å². The van der Waals surface area contributed by atoms with Crippen LogP contribution in [0, 0.1) is 13.8 Å². The van der Waals surface area contributed by atoms with E-state index in [0.29, 0.717) is 45.4 Å². The van der Waals surface area contributed by atoms with Gasteiger partial charge in [-0.05, 0) is 31.9 Å². The number of pyridine rings is 1. The zero-order valence-corrected chi connectivity index (χ0v) is 15.8. The molecule has 1 aliphatic heterocycles. The predicted octanol–water partition coefficient (Wildman–Crippen LogP) is 2.27. The standard InChI is InChI=1S/C19H27N3O4/c1-14-15(2)22(13-25-12-11-24-3)18-16(14)6-7-20-19(18)26-10-9-21-8-4-5-17(21)23/h6-7H,4-5,8-13H2,1-3H3. The van der Waals surface area contributed by atoms with Crippen LogP contribution in [0.4, 0.5) is 0 Å². The van der Waals surface area contributed by atoms with Gasteiger partial charge in [0.2, 0.25) is 11.8 Å². The zero-order chi connectivity index (χ0) is 18.5. The predicted molar refractivity (Wildman–Crippen MR) is 98.3 cm³/mol. The highest BCUT2D eigenvalue weighted by Crippen LogP contribution is 2.30. The smallest absolute Gasteiger partial charge is 0.238 e. The molecule has 0 unspecified atom stereocenters. The number of aromatic nitrogens is 2. The van der Waals surface area contributed by atoms with Gasteiger partial charge in [0.25, 0.3) is 0 Å². The van der Waals surface area contributed by atoms with E-state index >= 15 is 0 Å². The molecule has 1 fully saturated rings. The lowest BCUT2D eigenvalue weighted by atomic mass is 10.2. The van der Waals surface area contributed by atoms with Gasteiger partial charge in [-0.2, -0.15) is 0 Å². The largest absolute Gasteiger partial charge is 0.474 e. The number of likely N-dealkylation sites (tertiary alicyclic amines) is 1. The Balaban J connectivity index is 1.76. The van der Waals surface area contributed by atoms with Crippen LogP contribution in [0.2, 0.25) is 0 Å².